The van der Waals surface area contributed by atoms with Crippen molar-refractivity contribution in [3.8, 4) is 0 Å². The second-order valence-corrected chi connectivity index (χ2v) is 3.31. The van der Waals surface area contributed by atoms with Gasteiger partial charge in [-0.15, -0.1) is 0 Å². The molecule has 0 aliphatic heterocycles. The molecule has 2 N–H and O–H groups in total. The molecule has 0 radical (unpaired) electrons. The number of carbonyl (C=O) groups is 1. The number of aromatic nitrogens is 2. The van der Waals surface area contributed by atoms with E-state index >= 15 is 0 Å². The molecule has 2 aromatic rings. The average Bonchev–Trinajstić information content (AvgIpc) is 2.71. The van der Waals surface area contributed by atoms with E-state index in [2.05, 4.69) is 4.98 Å². The van der Waals surface area contributed by atoms with Crippen LogP contribution in [-0.4, -0.2) is 20.6 Å². The summed E-state index contributed by atoms with van der Waals surface area (Å²) in [4.78, 5) is 34.8. The van der Waals surface area contributed by atoms with Crippen LogP contribution in [-0.2, 0) is 6.54 Å². The number of carboxylic acids is 1. The predicted molar refractivity (Wildman–Crippen MR) is 56.1 cm³/mol. The van der Waals surface area contributed by atoms with Crippen LogP contribution in [0.1, 0.15) is 16.3 Å². The Labute approximate surface area is 93.9 Å². The van der Waals surface area contributed by atoms with Gasteiger partial charge in [-0.05, 0) is 12.1 Å². The van der Waals surface area contributed by atoms with Gasteiger partial charge in [0.15, 0.2) is 0 Å². The first-order valence-corrected chi connectivity index (χ1v) is 4.68. The molecule has 0 fully saturated rings. The summed E-state index contributed by atoms with van der Waals surface area (Å²) in [5.74, 6) is -1.06. The van der Waals surface area contributed by atoms with Crippen molar-refractivity contribution in [3.05, 3.63) is 56.8 Å². The highest BCUT2D eigenvalue weighted by molar-refractivity contribution is 5.84. The molecule has 0 amide bonds. The Kier molecular flexibility index (Phi) is 2.65. The molecule has 88 valence electrons. The zero-order chi connectivity index (χ0) is 12.4. The highest BCUT2D eigenvalue weighted by Gasteiger charge is 2.09. The van der Waals surface area contributed by atoms with E-state index < -0.39 is 17.2 Å². The van der Waals surface area contributed by atoms with E-state index in [0.717, 1.165) is 0 Å². The lowest BCUT2D eigenvalue weighted by atomic mass is 10.4. The average molecular weight is 236 g/mol. The molecular weight excluding hydrogens is 228 g/mol. The number of carboxylic acid groups (broad SMARTS) is 1. The molecule has 0 atom stereocenters. The van der Waals surface area contributed by atoms with Gasteiger partial charge in [0.05, 0.1) is 6.54 Å². The van der Waals surface area contributed by atoms with E-state index in [4.69, 9.17) is 9.52 Å². The van der Waals surface area contributed by atoms with Crippen molar-refractivity contribution in [2.24, 2.45) is 0 Å². The smallest absolute Gasteiger partial charge is 0.371 e. The van der Waals surface area contributed by atoms with Crippen molar-refractivity contribution < 1.29 is 14.3 Å². The summed E-state index contributed by atoms with van der Waals surface area (Å²) in [6.07, 6.45) is 1.31. The van der Waals surface area contributed by atoms with Crippen LogP contribution in [0.5, 0.6) is 0 Å². The fourth-order valence-electron chi connectivity index (χ4n) is 1.31. The largest absolute Gasteiger partial charge is 0.475 e. The molecule has 17 heavy (non-hydrogen) atoms. The van der Waals surface area contributed by atoms with Crippen LogP contribution in [0.15, 0.2) is 38.4 Å². The minimum atomic E-state index is -1.18. The highest BCUT2D eigenvalue weighted by atomic mass is 16.4. The summed E-state index contributed by atoms with van der Waals surface area (Å²) >= 11 is 0. The molecule has 0 bridgehead atoms. The monoisotopic (exact) mass is 236 g/mol. The molecule has 2 heterocycles. The number of nitrogens with zero attached hydrogens (tertiary/aromatic N) is 1. The van der Waals surface area contributed by atoms with Crippen molar-refractivity contribution in [2.75, 3.05) is 0 Å². The molecule has 0 spiro atoms. The first-order valence-electron chi connectivity index (χ1n) is 4.68. The molecule has 0 aliphatic rings. The molecule has 7 nitrogen and oxygen atoms in total. The normalized spacial score (nSPS) is 10.4. The number of rotatable bonds is 3. The Bertz CT molecular complexity index is 664. The van der Waals surface area contributed by atoms with Gasteiger partial charge in [-0.25, -0.2) is 9.59 Å². The van der Waals surface area contributed by atoms with E-state index in [9.17, 15) is 14.4 Å². The van der Waals surface area contributed by atoms with Gasteiger partial charge in [-0.1, -0.05) is 0 Å². The van der Waals surface area contributed by atoms with Crippen LogP contribution in [0.3, 0.4) is 0 Å². The minimum Gasteiger partial charge on any atom is -0.475 e. The maximum atomic E-state index is 11.3. The number of H-pyrrole nitrogens is 1. The Morgan fingerprint density at radius 1 is 1.35 bits per heavy atom. The Hall–Kier alpha value is -2.57. The summed E-state index contributed by atoms with van der Waals surface area (Å²) in [5, 5.41) is 8.65. The molecular formula is C10H8N2O5. The lowest BCUT2D eigenvalue weighted by Crippen LogP contribution is -2.28. The SMILES string of the molecule is O=C(O)c1ccc(Cn2ccc(=O)[nH]c2=O)o1. The summed E-state index contributed by atoms with van der Waals surface area (Å²) < 4.78 is 6.18. The van der Waals surface area contributed by atoms with Crippen molar-refractivity contribution in [1.29, 1.82) is 0 Å². The van der Waals surface area contributed by atoms with E-state index in [0.29, 0.717) is 5.76 Å². The second-order valence-electron chi connectivity index (χ2n) is 3.31. The Morgan fingerprint density at radius 2 is 2.12 bits per heavy atom. The first-order chi connectivity index (χ1) is 8.06. The van der Waals surface area contributed by atoms with Gasteiger partial charge in [0.2, 0.25) is 5.76 Å². The fraction of sp³-hybridized carbons (Fsp3) is 0.100. The first kappa shape index (κ1) is 10.9. The van der Waals surface area contributed by atoms with E-state index in [1.807, 2.05) is 0 Å². The molecule has 7 heteroatoms. The van der Waals surface area contributed by atoms with Crippen molar-refractivity contribution in [2.45, 2.75) is 6.54 Å². The maximum absolute atomic E-state index is 11.3. The maximum Gasteiger partial charge on any atom is 0.371 e. The number of hydrogen-bond acceptors (Lipinski definition) is 4. The van der Waals surface area contributed by atoms with Crippen LogP contribution < -0.4 is 11.2 Å². The van der Waals surface area contributed by atoms with Crippen molar-refractivity contribution in [3.63, 3.8) is 0 Å². The van der Waals surface area contributed by atoms with Crippen LogP contribution >= 0.6 is 0 Å². The molecule has 2 rings (SSSR count). The zero-order valence-electron chi connectivity index (χ0n) is 8.54. The van der Waals surface area contributed by atoms with Gasteiger partial charge >= 0.3 is 11.7 Å². The third-order valence-electron chi connectivity index (χ3n) is 2.10. The van der Waals surface area contributed by atoms with Gasteiger partial charge < -0.3 is 9.52 Å². The number of aromatic amines is 1. The predicted octanol–water partition coefficient (Wildman–Crippen LogP) is -0.124. The third kappa shape index (κ3) is 2.33. The van der Waals surface area contributed by atoms with E-state index in [1.165, 1.54) is 29.0 Å². The summed E-state index contributed by atoms with van der Waals surface area (Å²) in [5.41, 5.74) is -1.07. The van der Waals surface area contributed by atoms with Gasteiger partial charge in [0.1, 0.15) is 5.76 Å². The van der Waals surface area contributed by atoms with E-state index in [-0.39, 0.29) is 12.3 Å². The summed E-state index contributed by atoms with van der Waals surface area (Å²) in [6.45, 7) is 0.0584. The van der Waals surface area contributed by atoms with Gasteiger partial charge in [0.25, 0.3) is 5.56 Å². The third-order valence-corrected chi connectivity index (χ3v) is 2.10. The molecule has 0 unspecified atom stereocenters. The molecule has 2 aromatic heterocycles. The fourth-order valence-corrected chi connectivity index (χ4v) is 1.31. The lowest BCUT2D eigenvalue weighted by molar-refractivity contribution is 0.0660. The van der Waals surface area contributed by atoms with Crippen LogP contribution in [0.25, 0.3) is 0 Å². The van der Waals surface area contributed by atoms with Gasteiger partial charge in [0, 0.05) is 12.3 Å². The molecule has 0 saturated heterocycles. The molecule has 0 saturated carbocycles. The zero-order valence-corrected chi connectivity index (χ0v) is 8.54. The quantitative estimate of drug-likeness (QED) is 0.772. The highest BCUT2D eigenvalue weighted by Crippen LogP contribution is 2.08. The topological polar surface area (TPSA) is 105 Å². The number of hydrogen-bond donors (Lipinski definition) is 2. The van der Waals surface area contributed by atoms with Crippen molar-refractivity contribution >= 4 is 5.97 Å². The van der Waals surface area contributed by atoms with Gasteiger partial charge in [-0.2, -0.15) is 0 Å². The minimum absolute atomic E-state index is 0.0584. The van der Waals surface area contributed by atoms with Crippen LogP contribution in [0.2, 0.25) is 0 Å². The second kappa shape index (κ2) is 4.12. The van der Waals surface area contributed by atoms with Crippen molar-refractivity contribution in [1.82, 2.24) is 9.55 Å². The number of aromatic carboxylic acids is 1. The molecule has 0 aromatic carbocycles. The number of nitrogens with one attached hydrogen (secondary N) is 1. The van der Waals surface area contributed by atoms with Crippen LogP contribution in [0, 0.1) is 0 Å². The lowest BCUT2D eigenvalue weighted by Gasteiger charge is -2.00. The van der Waals surface area contributed by atoms with E-state index in [1.54, 1.807) is 0 Å². The molecule has 0 aliphatic carbocycles. The van der Waals surface area contributed by atoms with Crippen LogP contribution in [0.4, 0.5) is 0 Å². The summed E-state index contributed by atoms with van der Waals surface area (Å²) in [7, 11) is 0. The summed E-state index contributed by atoms with van der Waals surface area (Å²) in [6, 6.07) is 3.96. The number of furan rings is 1. The standard InChI is InChI=1S/C10H8N2O5/c13-8-3-4-12(10(16)11-8)5-6-1-2-7(17-6)9(14)15/h1-4H,5H2,(H,14,15)(H,11,13,16). The van der Waals surface area contributed by atoms with Gasteiger partial charge in [-0.3, -0.25) is 14.3 Å². The Morgan fingerprint density at radius 3 is 2.71 bits per heavy atom. The Balaban J connectivity index is 2.28.